The number of nitrogens with zero attached hydrogens (tertiary/aromatic N) is 3. The molecule has 0 saturated heterocycles. The van der Waals surface area contributed by atoms with E-state index in [4.69, 9.17) is 4.74 Å². The van der Waals surface area contributed by atoms with E-state index in [1.807, 2.05) is 52.5 Å². The van der Waals surface area contributed by atoms with E-state index in [0.717, 1.165) is 36.1 Å². The van der Waals surface area contributed by atoms with Crippen molar-refractivity contribution in [2.75, 3.05) is 20.7 Å². The van der Waals surface area contributed by atoms with E-state index in [0.29, 0.717) is 12.5 Å². The molecular formula is C21H28IN5OS. The van der Waals surface area contributed by atoms with Gasteiger partial charge in [0.15, 0.2) is 5.96 Å². The summed E-state index contributed by atoms with van der Waals surface area (Å²) in [5.41, 5.74) is 1.95. The van der Waals surface area contributed by atoms with Crippen molar-refractivity contribution in [1.82, 2.24) is 20.4 Å². The van der Waals surface area contributed by atoms with Crippen molar-refractivity contribution in [3.8, 4) is 11.4 Å². The number of nitrogens with one attached hydrogen (secondary N) is 2. The molecule has 156 valence electrons. The van der Waals surface area contributed by atoms with Crippen molar-refractivity contribution >= 4 is 41.3 Å². The summed E-state index contributed by atoms with van der Waals surface area (Å²) >= 11 is 1.81. The molecular weight excluding hydrogens is 497 g/mol. The van der Waals surface area contributed by atoms with E-state index in [-0.39, 0.29) is 24.0 Å². The summed E-state index contributed by atoms with van der Waals surface area (Å²) in [6, 6.07) is 14.1. The van der Waals surface area contributed by atoms with Crippen LogP contribution in [0.2, 0.25) is 0 Å². The standard InChI is InChI=1S/C21H27N5OS.HI/c1-16(13-20-5-4-12-28-20)14-23-21(22-2)24-15-17-10-11-26(25-17)18-6-8-19(27-3)9-7-18;/h4-12,16H,13-15H2,1-3H3,(H2,22,23,24);1H. The molecule has 0 saturated carbocycles. The molecule has 0 fully saturated rings. The Kier molecular flexibility index (Phi) is 9.46. The lowest BCUT2D eigenvalue weighted by Crippen LogP contribution is -2.39. The monoisotopic (exact) mass is 525 g/mol. The van der Waals surface area contributed by atoms with Gasteiger partial charge in [0.2, 0.25) is 0 Å². The number of hydrogen-bond acceptors (Lipinski definition) is 4. The Balaban J connectivity index is 0.00000300. The molecule has 0 radical (unpaired) electrons. The minimum absolute atomic E-state index is 0. The van der Waals surface area contributed by atoms with E-state index in [1.54, 1.807) is 14.2 Å². The van der Waals surface area contributed by atoms with Crippen LogP contribution < -0.4 is 15.4 Å². The van der Waals surface area contributed by atoms with Gasteiger partial charge in [-0.2, -0.15) is 5.10 Å². The molecule has 1 atom stereocenters. The van der Waals surface area contributed by atoms with E-state index < -0.39 is 0 Å². The molecule has 0 spiro atoms. The zero-order valence-corrected chi connectivity index (χ0v) is 20.1. The van der Waals surface area contributed by atoms with Crippen molar-refractivity contribution in [2.45, 2.75) is 19.9 Å². The summed E-state index contributed by atoms with van der Waals surface area (Å²) in [6.45, 7) is 3.73. The van der Waals surface area contributed by atoms with Gasteiger partial charge in [0.05, 0.1) is 25.0 Å². The van der Waals surface area contributed by atoms with Gasteiger partial charge in [0, 0.05) is 24.7 Å². The Morgan fingerprint density at radius 1 is 1.21 bits per heavy atom. The van der Waals surface area contributed by atoms with E-state index in [9.17, 15) is 0 Å². The highest BCUT2D eigenvalue weighted by atomic mass is 127. The van der Waals surface area contributed by atoms with Gasteiger partial charge in [-0.3, -0.25) is 4.99 Å². The number of aliphatic imine (C=N–C) groups is 1. The molecule has 3 rings (SSSR count). The van der Waals surface area contributed by atoms with Crippen molar-refractivity contribution < 1.29 is 4.74 Å². The Labute approximate surface area is 193 Å². The highest BCUT2D eigenvalue weighted by molar-refractivity contribution is 14.0. The van der Waals surface area contributed by atoms with Gasteiger partial charge in [-0.1, -0.05) is 13.0 Å². The lowest BCUT2D eigenvalue weighted by molar-refractivity contribution is 0.414. The maximum Gasteiger partial charge on any atom is 0.191 e. The molecule has 1 aromatic carbocycles. The summed E-state index contributed by atoms with van der Waals surface area (Å²) < 4.78 is 7.05. The van der Waals surface area contributed by atoms with Crippen LogP contribution in [0, 0.1) is 5.92 Å². The molecule has 2 aromatic heterocycles. The van der Waals surface area contributed by atoms with Gasteiger partial charge in [-0.15, -0.1) is 35.3 Å². The number of thiophene rings is 1. The van der Waals surface area contributed by atoms with Gasteiger partial charge >= 0.3 is 0 Å². The van der Waals surface area contributed by atoms with Crippen LogP contribution in [0.4, 0.5) is 0 Å². The SMILES string of the molecule is CN=C(NCc1ccn(-c2ccc(OC)cc2)n1)NCC(C)Cc1cccs1.I. The number of rotatable bonds is 8. The average Bonchev–Trinajstić information content (AvgIpc) is 3.40. The molecule has 0 amide bonds. The first-order valence-electron chi connectivity index (χ1n) is 9.34. The van der Waals surface area contributed by atoms with Gasteiger partial charge in [0.25, 0.3) is 0 Å². The van der Waals surface area contributed by atoms with Crippen LogP contribution in [0.5, 0.6) is 5.75 Å². The Bertz CT molecular complexity index is 877. The quantitative estimate of drug-likeness (QED) is 0.264. The number of guanidine groups is 1. The summed E-state index contributed by atoms with van der Waals surface area (Å²) in [5.74, 6) is 2.16. The largest absolute Gasteiger partial charge is 0.497 e. The van der Waals surface area contributed by atoms with Crippen LogP contribution in [-0.2, 0) is 13.0 Å². The Hall–Kier alpha value is -2.07. The predicted octanol–water partition coefficient (Wildman–Crippen LogP) is 4.10. The van der Waals surface area contributed by atoms with Gasteiger partial charge in [-0.25, -0.2) is 4.68 Å². The van der Waals surface area contributed by atoms with Crippen LogP contribution in [0.3, 0.4) is 0 Å². The highest BCUT2D eigenvalue weighted by Crippen LogP contribution is 2.15. The topological polar surface area (TPSA) is 63.5 Å². The third-order valence-electron chi connectivity index (χ3n) is 4.39. The molecule has 29 heavy (non-hydrogen) atoms. The molecule has 3 aromatic rings. The zero-order chi connectivity index (χ0) is 19.8. The summed E-state index contributed by atoms with van der Waals surface area (Å²) in [7, 11) is 3.45. The molecule has 8 heteroatoms. The van der Waals surface area contributed by atoms with Gasteiger partial charge < -0.3 is 15.4 Å². The second kappa shape index (κ2) is 11.8. The third kappa shape index (κ3) is 7.04. The minimum Gasteiger partial charge on any atom is -0.497 e. The van der Waals surface area contributed by atoms with Crippen LogP contribution in [-0.4, -0.2) is 36.4 Å². The first kappa shape index (κ1) is 23.2. The zero-order valence-electron chi connectivity index (χ0n) is 17.0. The second-order valence-corrected chi connectivity index (χ2v) is 7.68. The van der Waals surface area contributed by atoms with Crippen LogP contribution >= 0.6 is 35.3 Å². The number of halogens is 1. The van der Waals surface area contributed by atoms with Crippen molar-refractivity contribution in [2.24, 2.45) is 10.9 Å². The lowest BCUT2D eigenvalue weighted by Gasteiger charge is -2.15. The number of benzene rings is 1. The highest BCUT2D eigenvalue weighted by Gasteiger charge is 2.07. The first-order valence-corrected chi connectivity index (χ1v) is 10.2. The van der Waals surface area contributed by atoms with E-state index in [1.165, 1.54) is 4.88 Å². The molecule has 6 nitrogen and oxygen atoms in total. The van der Waals surface area contributed by atoms with Crippen molar-refractivity contribution in [3.63, 3.8) is 0 Å². The lowest BCUT2D eigenvalue weighted by atomic mass is 10.1. The van der Waals surface area contributed by atoms with E-state index >= 15 is 0 Å². The summed E-state index contributed by atoms with van der Waals surface area (Å²) in [4.78, 5) is 5.72. The van der Waals surface area contributed by atoms with E-state index in [2.05, 4.69) is 45.2 Å². The fourth-order valence-corrected chi connectivity index (χ4v) is 3.71. The fourth-order valence-electron chi connectivity index (χ4n) is 2.84. The smallest absolute Gasteiger partial charge is 0.191 e. The van der Waals surface area contributed by atoms with Crippen molar-refractivity contribution in [3.05, 3.63) is 64.6 Å². The Morgan fingerprint density at radius 2 is 2.00 bits per heavy atom. The first-order chi connectivity index (χ1) is 13.7. The fraction of sp³-hybridized carbons (Fsp3) is 0.333. The predicted molar refractivity (Wildman–Crippen MR) is 131 cm³/mol. The average molecular weight is 525 g/mol. The molecule has 0 aliphatic carbocycles. The summed E-state index contributed by atoms with van der Waals surface area (Å²) in [6.07, 6.45) is 3.03. The van der Waals surface area contributed by atoms with Crippen LogP contribution in [0.15, 0.2) is 59.0 Å². The molecule has 0 aliphatic heterocycles. The molecule has 1 unspecified atom stereocenters. The molecule has 0 bridgehead atoms. The molecule has 2 N–H and O–H groups in total. The number of methoxy groups -OCH3 is 1. The maximum atomic E-state index is 5.20. The number of hydrogen-bond donors (Lipinski definition) is 2. The van der Waals surface area contributed by atoms with Crippen LogP contribution in [0.1, 0.15) is 17.5 Å². The Morgan fingerprint density at radius 3 is 2.66 bits per heavy atom. The third-order valence-corrected chi connectivity index (χ3v) is 5.29. The van der Waals surface area contributed by atoms with Gasteiger partial charge in [-0.05, 0) is 54.1 Å². The number of ether oxygens (including phenoxy) is 1. The minimum atomic E-state index is 0. The molecule has 0 aliphatic rings. The molecule has 2 heterocycles. The number of aromatic nitrogens is 2. The maximum absolute atomic E-state index is 5.20. The van der Waals surface area contributed by atoms with Gasteiger partial charge in [0.1, 0.15) is 5.75 Å². The van der Waals surface area contributed by atoms with Crippen molar-refractivity contribution in [1.29, 1.82) is 0 Å². The van der Waals surface area contributed by atoms with Crippen LogP contribution in [0.25, 0.3) is 5.69 Å². The second-order valence-electron chi connectivity index (χ2n) is 6.64. The normalized spacial score (nSPS) is 12.2. The summed E-state index contributed by atoms with van der Waals surface area (Å²) in [5, 5.41) is 13.5.